The molecule has 0 radical (unpaired) electrons. The molecule has 0 bridgehead atoms. The van der Waals surface area contributed by atoms with Crippen molar-refractivity contribution in [2.45, 2.75) is 63.3 Å². The highest BCUT2D eigenvalue weighted by atomic mass is 19.4. The van der Waals surface area contributed by atoms with Crippen LogP contribution in [0.25, 0.3) is 0 Å². The van der Waals surface area contributed by atoms with Gasteiger partial charge in [-0.25, -0.2) is 4.79 Å². The molecular weight excluding hydrogens is 285 g/mol. The molecule has 2 rings (SSSR count). The van der Waals surface area contributed by atoms with Gasteiger partial charge in [-0.15, -0.1) is 0 Å². The molecule has 2 atom stereocenters. The summed E-state index contributed by atoms with van der Waals surface area (Å²) in [7, 11) is 0. The van der Waals surface area contributed by atoms with Crippen LogP contribution in [0.4, 0.5) is 18.0 Å². The third kappa shape index (κ3) is 5.05. The van der Waals surface area contributed by atoms with E-state index in [4.69, 9.17) is 0 Å². The lowest BCUT2D eigenvalue weighted by molar-refractivity contribution is -0.182. The quantitative estimate of drug-likeness (QED) is 0.750. The van der Waals surface area contributed by atoms with Gasteiger partial charge in [0.2, 0.25) is 0 Å². The monoisotopic (exact) mass is 308 g/mol. The Bertz CT molecular complexity index is 355. The molecule has 0 heterocycles. The first-order valence-electron chi connectivity index (χ1n) is 7.63. The first-order chi connectivity index (χ1) is 9.84. The average Bonchev–Trinajstić information content (AvgIpc) is 2.82. The molecule has 0 aliphatic heterocycles. The Balaban J connectivity index is 1.63. The lowest BCUT2D eigenvalue weighted by atomic mass is 9.86. The number of aliphatic hydroxyl groups is 1. The molecule has 2 unspecified atom stereocenters. The summed E-state index contributed by atoms with van der Waals surface area (Å²) in [6, 6.07) is -0.482. The van der Waals surface area contributed by atoms with Gasteiger partial charge in [0.15, 0.2) is 0 Å². The highest BCUT2D eigenvalue weighted by Gasteiger charge is 2.41. The minimum absolute atomic E-state index is 0.0866. The van der Waals surface area contributed by atoms with Crippen molar-refractivity contribution >= 4 is 6.03 Å². The van der Waals surface area contributed by atoms with Gasteiger partial charge in [-0.2, -0.15) is 13.2 Å². The molecule has 21 heavy (non-hydrogen) atoms. The molecule has 0 aromatic carbocycles. The van der Waals surface area contributed by atoms with Crippen LogP contribution in [-0.4, -0.2) is 36.0 Å². The second-order valence-electron chi connectivity index (χ2n) is 6.28. The van der Waals surface area contributed by atoms with E-state index >= 15 is 0 Å². The Morgan fingerprint density at radius 1 is 1.10 bits per heavy atom. The fourth-order valence-electron chi connectivity index (χ4n) is 3.27. The predicted octanol–water partition coefficient (Wildman–Crippen LogP) is 2.57. The number of amides is 2. The zero-order chi connectivity index (χ0) is 15.5. The van der Waals surface area contributed by atoms with Crippen LogP contribution in [0.1, 0.15) is 44.9 Å². The normalized spacial score (nSPS) is 33.7. The van der Waals surface area contributed by atoms with Gasteiger partial charge >= 0.3 is 12.2 Å². The van der Waals surface area contributed by atoms with Gasteiger partial charge in [-0.05, 0) is 50.9 Å². The summed E-state index contributed by atoms with van der Waals surface area (Å²) in [6.07, 6.45) is -1.08. The molecule has 2 fully saturated rings. The van der Waals surface area contributed by atoms with Crippen molar-refractivity contribution in [2.24, 2.45) is 11.8 Å². The number of carbonyl (C=O) groups excluding carboxylic acids is 1. The number of carbonyl (C=O) groups is 1. The maximum atomic E-state index is 12.5. The summed E-state index contributed by atoms with van der Waals surface area (Å²) >= 11 is 0. The molecule has 4 nitrogen and oxygen atoms in total. The Morgan fingerprint density at radius 3 is 2.29 bits per heavy atom. The number of halogens is 3. The minimum Gasteiger partial charge on any atom is -0.393 e. The van der Waals surface area contributed by atoms with Crippen molar-refractivity contribution in [2.75, 3.05) is 6.54 Å². The van der Waals surface area contributed by atoms with Gasteiger partial charge in [0.1, 0.15) is 0 Å². The van der Waals surface area contributed by atoms with Crippen LogP contribution >= 0.6 is 0 Å². The molecule has 2 aliphatic rings. The molecule has 122 valence electrons. The molecule has 3 N–H and O–H groups in total. The Kier molecular flexibility index (Phi) is 5.35. The van der Waals surface area contributed by atoms with Gasteiger partial charge in [-0.1, -0.05) is 0 Å². The lowest BCUT2D eigenvalue weighted by Gasteiger charge is -2.30. The van der Waals surface area contributed by atoms with Crippen LogP contribution in [0.2, 0.25) is 0 Å². The maximum absolute atomic E-state index is 12.5. The summed E-state index contributed by atoms with van der Waals surface area (Å²) in [6.45, 7) is 0.515. The number of aliphatic hydroxyl groups excluding tert-OH is 1. The van der Waals surface area contributed by atoms with Crippen molar-refractivity contribution in [3.63, 3.8) is 0 Å². The summed E-state index contributed by atoms with van der Waals surface area (Å²) in [5.74, 6) is -0.926. The summed E-state index contributed by atoms with van der Waals surface area (Å²) in [5, 5.41) is 14.9. The topological polar surface area (TPSA) is 61.4 Å². The van der Waals surface area contributed by atoms with E-state index in [1.165, 1.54) is 0 Å². The van der Waals surface area contributed by atoms with Crippen LogP contribution in [0.5, 0.6) is 0 Å². The van der Waals surface area contributed by atoms with E-state index in [9.17, 15) is 23.1 Å². The molecule has 7 heteroatoms. The first kappa shape index (κ1) is 16.4. The highest BCUT2D eigenvalue weighted by molar-refractivity contribution is 5.74. The van der Waals surface area contributed by atoms with E-state index in [0.717, 1.165) is 12.8 Å². The fraction of sp³-hybridized carbons (Fsp3) is 0.929. The second-order valence-corrected chi connectivity index (χ2v) is 6.28. The highest BCUT2D eigenvalue weighted by Crippen LogP contribution is 2.37. The van der Waals surface area contributed by atoms with E-state index in [2.05, 4.69) is 10.6 Å². The Labute approximate surface area is 122 Å². The van der Waals surface area contributed by atoms with Crippen molar-refractivity contribution in [3.8, 4) is 0 Å². The zero-order valence-electron chi connectivity index (χ0n) is 12.0. The minimum atomic E-state index is -4.11. The van der Waals surface area contributed by atoms with Crippen LogP contribution < -0.4 is 10.6 Å². The van der Waals surface area contributed by atoms with Crippen molar-refractivity contribution < 1.29 is 23.1 Å². The number of hydrogen-bond acceptors (Lipinski definition) is 2. The van der Waals surface area contributed by atoms with E-state index in [-0.39, 0.29) is 31.0 Å². The van der Waals surface area contributed by atoms with Crippen LogP contribution in [0.15, 0.2) is 0 Å². The Hall–Kier alpha value is -0.980. The van der Waals surface area contributed by atoms with E-state index < -0.39 is 12.1 Å². The van der Waals surface area contributed by atoms with Gasteiger partial charge in [-0.3, -0.25) is 0 Å². The predicted molar refractivity (Wildman–Crippen MR) is 71.7 cm³/mol. The molecule has 2 saturated carbocycles. The third-order valence-electron chi connectivity index (χ3n) is 4.59. The smallest absolute Gasteiger partial charge is 0.391 e. The van der Waals surface area contributed by atoms with Crippen LogP contribution in [-0.2, 0) is 0 Å². The lowest BCUT2D eigenvalue weighted by Crippen LogP contribution is -2.45. The number of alkyl halides is 3. The summed E-state index contributed by atoms with van der Waals surface area (Å²) in [4.78, 5) is 11.7. The summed E-state index contributed by atoms with van der Waals surface area (Å²) in [5.41, 5.74) is 0. The van der Waals surface area contributed by atoms with E-state index in [0.29, 0.717) is 31.7 Å². The van der Waals surface area contributed by atoms with E-state index in [1.54, 1.807) is 0 Å². The standard InChI is InChI=1S/C14H23F3N2O2/c15-14(16,17)10-2-4-11(5-3-10)19-13(21)18-8-9-1-6-12(20)7-9/h9-12,20H,1-8H2,(H2,18,19,21). The molecule has 2 amide bonds. The van der Waals surface area contributed by atoms with Crippen molar-refractivity contribution in [1.82, 2.24) is 10.6 Å². The SMILES string of the molecule is O=C(NCC1CCC(O)C1)NC1CCC(C(F)(F)F)CC1. The molecule has 0 aromatic rings. The van der Waals surface area contributed by atoms with Crippen LogP contribution in [0, 0.1) is 11.8 Å². The zero-order valence-corrected chi connectivity index (χ0v) is 12.0. The molecular formula is C14H23F3N2O2. The number of rotatable bonds is 3. The second kappa shape index (κ2) is 6.85. The first-order valence-corrected chi connectivity index (χ1v) is 7.63. The van der Waals surface area contributed by atoms with Gasteiger partial charge in [0, 0.05) is 12.6 Å². The van der Waals surface area contributed by atoms with Crippen LogP contribution in [0.3, 0.4) is 0 Å². The van der Waals surface area contributed by atoms with E-state index in [1.807, 2.05) is 0 Å². The van der Waals surface area contributed by atoms with Gasteiger partial charge in [0.25, 0.3) is 0 Å². The maximum Gasteiger partial charge on any atom is 0.391 e. The van der Waals surface area contributed by atoms with Gasteiger partial charge in [0.05, 0.1) is 12.0 Å². The van der Waals surface area contributed by atoms with Crippen molar-refractivity contribution in [1.29, 1.82) is 0 Å². The molecule has 0 spiro atoms. The van der Waals surface area contributed by atoms with Crippen molar-refractivity contribution in [3.05, 3.63) is 0 Å². The third-order valence-corrected chi connectivity index (χ3v) is 4.59. The molecule has 0 aromatic heterocycles. The number of urea groups is 1. The molecule has 2 aliphatic carbocycles. The molecule has 0 saturated heterocycles. The fourth-order valence-corrected chi connectivity index (χ4v) is 3.27. The number of hydrogen-bond donors (Lipinski definition) is 3. The Morgan fingerprint density at radius 2 is 1.76 bits per heavy atom. The summed E-state index contributed by atoms with van der Waals surface area (Å²) < 4.78 is 37.6. The van der Waals surface area contributed by atoms with Gasteiger partial charge < -0.3 is 15.7 Å². The largest absolute Gasteiger partial charge is 0.393 e. The average molecular weight is 308 g/mol. The number of nitrogens with one attached hydrogen (secondary N) is 2.